The number of ether oxygens (including phenoxy) is 4. The van der Waals surface area contributed by atoms with E-state index < -0.39 is 17.7 Å². The molecule has 4 heterocycles. The maximum absolute atomic E-state index is 13.3. The second kappa shape index (κ2) is 19.6. The molecule has 0 bridgehead atoms. The lowest BCUT2D eigenvalue weighted by Crippen LogP contribution is -2.43. The van der Waals surface area contributed by atoms with Crippen molar-refractivity contribution in [3.8, 4) is 58.0 Å². The number of nitrogens with zero attached hydrogens (tertiary/aromatic N) is 5. The Morgan fingerprint density at radius 3 is 2.55 bits per heavy atom. The predicted molar refractivity (Wildman–Crippen MR) is 229 cm³/mol. The number of fused-ring (bicyclic) bond motifs is 1. The number of benzene rings is 3. The van der Waals surface area contributed by atoms with Crippen LogP contribution in [0.25, 0.3) is 21.3 Å². The molecule has 3 atom stereocenters. The fourth-order valence-corrected chi connectivity index (χ4v) is 7.48. The standard InChI is InChI=1S/C45H43N7O7S/c1-5-31-11-10-12-34(23-31)49-42-36-25-39(40(57-21-19-55-4)26-37(36)46-28-47-42)58-22-20-56-17-8-6-7-9-18-59-52-27-35(53)24-38(52)43-50-44(54)45(3,51-43)33-15-13-32(14-16-33)41-30(2)48-29-60-41/h1,10-16,23,25-26,28-29,35,38,53H,17-22,24,27H2,2-4H3,(H,46,47,49)(H,50,51,54)/t35-,38-,45+/m1/s1. The number of hydrogen-bond acceptors (Lipinski definition) is 14. The van der Waals surface area contributed by atoms with Gasteiger partial charge in [0.25, 0.3) is 5.91 Å². The first kappa shape index (κ1) is 41.8. The summed E-state index contributed by atoms with van der Waals surface area (Å²) in [5.41, 5.74) is 5.65. The molecule has 15 heteroatoms. The number of aliphatic hydroxyl groups is 1. The number of aryl methyl sites for hydroxylation is 1. The number of thiazole rings is 1. The number of terminal acetylenes is 1. The summed E-state index contributed by atoms with van der Waals surface area (Å²) < 4.78 is 22.9. The van der Waals surface area contributed by atoms with Crippen molar-refractivity contribution in [2.24, 2.45) is 4.99 Å². The van der Waals surface area contributed by atoms with Crippen LogP contribution in [-0.4, -0.2) is 102 Å². The topological polar surface area (TPSA) is 162 Å². The van der Waals surface area contributed by atoms with Crippen LogP contribution in [0.4, 0.5) is 11.5 Å². The van der Waals surface area contributed by atoms with Crippen LogP contribution in [0.15, 0.2) is 77.5 Å². The first-order valence-electron chi connectivity index (χ1n) is 19.2. The van der Waals surface area contributed by atoms with E-state index in [4.69, 9.17) is 35.2 Å². The van der Waals surface area contributed by atoms with Gasteiger partial charge in [0.1, 0.15) is 44.4 Å². The number of carbonyl (C=O) groups is 1. The lowest BCUT2D eigenvalue weighted by Gasteiger charge is -2.22. The average Bonchev–Trinajstić information content (AvgIpc) is 3.95. The van der Waals surface area contributed by atoms with E-state index in [1.54, 1.807) is 36.5 Å². The van der Waals surface area contributed by atoms with Crippen LogP contribution in [-0.2, 0) is 24.6 Å². The second-order valence-electron chi connectivity index (χ2n) is 13.9. The minimum Gasteiger partial charge on any atom is -0.487 e. The van der Waals surface area contributed by atoms with E-state index in [0.29, 0.717) is 48.3 Å². The van der Waals surface area contributed by atoms with Gasteiger partial charge in [-0.05, 0) is 67.5 Å². The number of aliphatic imine (C=N–C) groups is 1. The number of hydrogen-bond donors (Lipinski definition) is 3. The molecular weight excluding hydrogens is 783 g/mol. The smallest absolute Gasteiger partial charge is 0.257 e. The molecule has 0 aliphatic carbocycles. The summed E-state index contributed by atoms with van der Waals surface area (Å²) in [5.74, 6) is 15.7. The van der Waals surface area contributed by atoms with Crippen LogP contribution >= 0.6 is 11.3 Å². The Bertz CT molecular complexity index is 2530. The van der Waals surface area contributed by atoms with Crippen molar-refractivity contribution in [2.75, 3.05) is 58.6 Å². The van der Waals surface area contributed by atoms with E-state index in [9.17, 15) is 9.90 Å². The van der Waals surface area contributed by atoms with Crippen molar-refractivity contribution >= 4 is 45.5 Å². The van der Waals surface area contributed by atoms with Gasteiger partial charge in [-0.15, -0.1) is 17.8 Å². The van der Waals surface area contributed by atoms with E-state index >= 15 is 0 Å². The van der Waals surface area contributed by atoms with Gasteiger partial charge < -0.3 is 34.7 Å². The zero-order chi connectivity index (χ0) is 41.9. The Morgan fingerprint density at radius 1 is 1.00 bits per heavy atom. The zero-order valence-electron chi connectivity index (χ0n) is 33.4. The molecule has 1 amide bonds. The number of anilines is 2. The van der Waals surface area contributed by atoms with Crippen molar-refractivity contribution in [1.82, 2.24) is 25.3 Å². The maximum Gasteiger partial charge on any atom is 0.257 e. The molecule has 2 aromatic heterocycles. The number of aliphatic hydroxyl groups excluding tert-OH is 1. The lowest BCUT2D eigenvalue weighted by atomic mass is 9.91. The van der Waals surface area contributed by atoms with E-state index in [1.165, 1.54) is 6.33 Å². The molecule has 0 spiro atoms. The van der Waals surface area contributed by atoms with Crippen LogP contribution in [0.2, 0.25) is 0 Å². The van der Waals surface area contributed by atoms with Crippen molar-refractivity contribution < 1.29 is 33.7 Å². The lowest BCUT2D eigenvalue weighted by molar-refractivity contribution is -0.146. The van der Waals surface area contributed by atoms with E-state index in [1.807, 2.05) is 67.0 Å². The number of carbonyl (C=O) groups excluding carboxylic acids is 1. The molecule has 0 unspecified atom stereocenters. The van der Waals surface area contributed by atoms with Crippen LogP contribution in [0.5, 0.6) is 11.5 Å². The van der Waals surface area contributed by atoms with E-state index in [0.717, 1.165) is 38.3 Å². The predicted octanol–water partition coefficient (Wildman–Crippen LogP) is 5.02. The van der Waals surface area contributed by atoms with E-state index in [2.05, 4.69) is 55.2 Å². The molecule has 60 heavy (non-hydrogen) atoms. The molecule has 3 aromatic carbocycles. The molecular formula is C45H43N7O7S. The molecule has 7 rings (SSSR count). The van der Waals surface area contributed by atoms with Crippen molar-refractivity contribution in [3.05, 3.63) is 89.3 Å². The number of hydroxylamine groups is 2. The maximum atomic E-state index is 13.3. The first-order valence-corrected chi connectivity index (χ1v) is 20.0. The van der Waals surface area contributed by atoms with Crippen LogP contribution in [0.3, 0.4) is 0 Å². The first-order chi connectivity index (χ1) is 29.2. The minimum absolute atomic E-state index is 0.0314. The third-order valence-electron chi connectivity index (χ3n) is 9.77. The number of amidine groups is 1. The molecule has 306 valence electrons. The van der Waals surface area contributed by atoms with Gasteiger partial charge in [-0.2, -0.15) is 5.06 Å². The number of amides is 1. The van der Waals surface area contributed by atoms with Gasteiger partial charge in [0.2, 0.25) is 0 Å². The SMILES string of the molecule is C#Cc1cccc(Nc2ncnc3cc(OCCOC)c(OCCOCC#CC#CCON4C[C@H](O)C[C@@H]4C4=N[C@@](C)(c5ccc(-c6scnc6C)cc5)C(=O)N4)cc23)c1. The fourth-order valence-electron chi connectivity index (χ4n) is 6.67. The Balaban J connectivity index is 0.895. The number of aromatic nitrogens is 3. The minimum atomic E-state index is -1.12. The normalized spacial score (nSPS) is 18.4. The summed E-state index contributed by atoms with van der Waals surface area (Å²) in [5, 5.41) is 19.1. The molecule has 1 fully saturated rings. The summed E-state index contributed by atoms with van der Waals surface area (Å²) >= 11 is 1.57. The van der Waals surface area contributed by atoms with Gasteiger partial charge in [0.05, 0.1) is 53.5 Å². The van der Waals surface area contributed by atoms with E-state index in [-0.39, 0.29) is 38.9 Å². The van der Waals surface area contributed by atoms with Gasteiger partial charge in [-0.3, -0.25) is 9.63 Å². The average molecular weight is 826 g/mol. The van der Waals surface area contributed by atoms with Gasteiger partial charge in [-0.25, -0.2) is 19.9 Å². The zero-order valence-corrected chi connectivity index (χ0v) is 34.2. The number of nitrogens with one attached hydrogen (secondary N) is 2. The highest BCUT2D eigenvalue weighted by molar-refractivity contribution is 7.13. The summed E-state index contributed by atoms with van der Waals surface area (Å²) in [6.07, 6.45) is 6.76. The number of methoxy groups -OCH3 is 1. The molecule has 3 N–H and O–H groups in total. The van der Waals surface area contributed by atoms with Crippen molar-refractivity contribution in [3.63, 3.8) is 0 Å². The summed E-state index contributed by atoms with van der Waals surface area (Å²) in [6.45, 7) is 5.38. The molecule has 14 nitrogen and oxygen atoms in total. The largest absolute Gasteiger partial charge is 0.487 e. The third-order valence-corrected chi connectivity index (χ3v) is 10.7. The molecule has 2 aliphatic heterocycles. The summed E-state index contributed by atoms with van der Waals surface area (Å²) in [4.78, 5) is 38.3. The second-order valence-corrected chi connectivity index (χ2v) is 14.7. The third kappa shape index (κ3) is 9.91. The Hall–Kier alpha value is -6.35. The number of β-amino-alcohol motifs (C(OH)–C–C–N with tert-alkyl or cyclic N) is 1. The van der Waals surface area contributed by atoms with Gasteiger partial charge in [0.15, 0.2) is 17.0 Å². The summed E-state index contributed by atoms with van der Waals surface area (Å²) in [7, 11) is 1.61. The van der Waals surface area contributed by atoms with Gasteiger partial charge >= 0.3 is 0 Å². The fraction of sp³-hybridized carbons (Fsp3) is 0.311. The van der Waals surface area contributed by atoms with Crippen LogP contribution in [0, 0.1) is 42.9 Å². The molecule has 5 aromatic rings. The highest BCUT2D eigenvalue weighted by atomic mass is 32.1. The Morgan fingerprint density at radius 2 is 1.78 bits per heavy atom. The van der Waals surface area contributed by atoms with Gasteiger partial charge in [0, 0.05) is 29.8 Å². The molecule has 0 radical (unpaired) electrons. The van der Waals surface area contributed by atoms with Crippen molar-refractivity contribution in [2.45, 2.75) is 38.0 Å². The van der Waals surface area contributed by atoms with Crippen LogP contribution < -0.4 is 20.1 Å². The quantitative estimate of drug-likeness (QED) is 0.0902. The van der Waals surface area contributed by atoms with Crippen molar-refractivity contribution in [1.29, 1.82) is 0 Å². The van der Waals surface area contributed by atoms with Crippen LogP contribution in [0.1, 0.15) is 30.2 Å². The Labute approximate surface area is 352 Å². The highest BCUT2D eigenvalue weighted by Gasteiger charge is 2.46. The molecule has 2 aliphatic rings. The Kier molecular flexibility index (Phi) is 13.7. The highest BCUT2D eigenvalue weighted by Crippen LogP contribution is 2.36. The van der Waals surface area contributed by atoms with Gasteiger partial charge in [-0.1, -0.05) is 48.1 Å². The molecule has 0 saturated carbocycles. The monoisotopic (exact) mass is 825 g/mol. The number of rotatable bonds is 16. The molecule has 1 saturated heterocycles. The summed E-state index contributed by atoms with van der Waals surface area (Å²) in [6, 6.07) is 18.5.